The van der Waals surface area contributed by atoms with E-state index >= 15 is 0 Å². The minimum atomic E-state index is -3.61. The van der Waals surface area contributed by atoms with Crippen LogP contribution in [0.2, 0.25) is 0 Å². The van der Waals surface area contributed by atoms with E-state index in [9.17, 15) is 13.2 Å². The summed E-state index contributed by atoms with van der Waals surface area (Å²) in [6.45, 7) is 6.51. The molecule has 1 aromatic heterocycles. The van der Waals surface area contributed by atoms with Crippen molar-refractivity contribution in [1.29, 1.82) is 0 Å². The molecule has 2 aromatic rings. The second-order valence-electron chi connectivity index (χ2n) is 7.23. The molecule has 9 nitrogen and oxygen atoms in total. The van der Waals surface area contributed by atoms with Crippen molar-refractivity contribution in [2.45, 2.75) is 45.6 Å². The van der Waals surface area contributed by atoms with Crippen LogP contribution in [-0.4, -0.2) is 54.8 Å². The van der Waals surface area contributed by atoms with Crippen LogP contribution in [0.3, 0.4) is 0 Å². The summed E-state index contributed by atoms with van der Waals surface area (Å²) in [5.41, 5.74) is 6.24. The van der Waals surface area contributed by atoms with Gasteiger partial charge in [-0.25, -0.2) is 13.1 Å². The van der Waals surface area contributed by atoms with E-state index in [1.54, 1.807) is 0 Å². The molecule has 2 rings (SSSR count). The molecular formula is C20H30BrN5O4S. The number of nitrogens with one attached hydrogen (secondary N) is 1. The molecule has 0 bridgehead atoms. The van der Waals surface area contributed by atoms with Gasteiger partial charge in [-0.05, 0) is 50.2 Å². The Hall–Kier alpha value is -1.82. The summed E-state index contributed by atoms with van der Waals surface area (Å²) in [5.74, 6) is -0.000605. The minimum absolute atomic E-state index is 0.00292. The van der Waals surface area contributed by atoms with Gasteiger partial charge in [0, 0.05) is 17.3 Å². The molecular weight excluding hydrogens is 486 g/mol. The Morgan fingerprint density at radius 2 is 1.94 bits per heavy atom. The fourth-order valence-corrected chi connectivity index (χ4v) is 4.62. The molecule has 0 unspecified atom stereocenters. The largest absolute Gasteiger partial charge is 0.370 e. The maximum Gasteiger partial charge on any atom is 0.244 e. The summed E-state index contributed by atoms with van der Waals surface area (Å²) in [6, 6.07) is 6.89. The second-order valence-corrected chi connectivity index (χ2v) is 10.0. The monoisotopic (exact) mass is 515 g/mol. The van der Waals surface area contributed by atoms with Crippen molar-refractivity contribution in [2.75, 3.05) is 25.4 Å². The molecule has 0 aliphatic rings. The van der Waals surface area contributed by atoms with E-state index in [-0.39, 0.29) is 24.5 Å². The molecule has 11 heteroatoms. The predicted octanol–water partition coefficient (Wildman–Crippen LogP) is 2.38. The van der Waals surface area contributed by atoms with Gasteiger partial charge in [0.25, 0.3) is 0 Å². The van der Waals surface area contributed by atoms with Gasteiger partial charge in [0.2, 0.25) is 21.8 Å². The number of rotatable bonds is 14. The molecule has 0 aliphatic carbocycles. The van der Waals surface area contributed by atoms with Gasteiger partial charge < -0.3 is 15.2 Å². The van der Waals surface area contributed by atoms with Gasteiger partial charge in [0.05, 0.1) is 5.75 Å². The van der Waals surface area contributed by atoms with Crippen molar-refractivity contribution in [2.24, 2.45) is 5.73 Å². The van der Waals surface area contributed by atoms with Crippen molar-refractivity contribution in [3.63, 3.8) is 0 Å². The van der Waals surface area contributed by atoms with Crippen molar-refractivity contribution in [3.8, 4) is 0 Å². The van der Waals surface area contributed by atoms with Crippen LogP contribution in [0.1, 0.15) is 56.4 Å². The van der Waals surface area contributed by atoms with E-state index in [4.69, 9.17) is 10.3 Å². The highest BCUT2D eigenvalue weighted by atomic mass is 79.9. The third-order valence-corrected chi connectivity index (χ3v) is 6.84. The van der Waals surface area contributed by atoms with Crippen LogP contribution < -0.4 is 10.5 Å². The number of hydrogen-bond acceptors (Lipinski definition) is 7. The molecule has 1 atom stereocenters. The van der Waals surface area contributed by atoms with Crippen LogP contribution >= 0.6 is 15.9 Å². The zero-order valence-electron chi connectivity index (χ0n) is 17.9. The summed E-state index contributed by atoms with van der Waals surface area (Å²) in [4.78, 5) is 17.8. The molecule has 0 radical (unpaired) electrons. The Labute approximate surface area is 191 Å². The van der Waals surface area contributed by atoms with Gasteiger partial charge in [0.15, 0.2) is 5.82 Å². The fourth-order valence-electron chi connectivity index (χ4n) is 3.08. The number of sulfonamides is 1. The summed E-state index contributed by atoms with van der Waals surface area (Å²) < 4.78 is 34.1. The molecule has 1 heterocycles. The molecule has 0 fully saturated rings. The Bertz CT molecular complexity index is 929. The number of benzene rings is 1. The number of aromatic nitrogens is 2. The predicted molar refractivity (Wildman–Crippen MR) is 122 cm³/mol. The van der Waals surface area contributed by atoms with E-state index in [0.717, 1.165) is 23.1 Å². The van der Waals surface area contributed by atoms with Crippen LogP contribution in [0.15, 0.2) is 33.3 Å². The number of nitrogens with two attached hydrogens (primary N) is 1. The Balaban J connectivity index is 2.06. The van der Waals surface area contributed by atoms with E-state index in [2.05, 4.69) is 35.7 Å². The van der Waals surface area contributed by atoms with Gasteiger partial charge in [-0.3, -0.25) is 4.79 Å². The highest BCUT2D eigenvalue weighted by molar-refractivity contribution is 9.10. The molecule has 0 saturated carbocycles. The summed E-state index contributed by atoms with van der Waals surface area (Å²) in [5, 5.41) is 3.96. The van der Waals surface area contributed by atoms with Crippen LogP contribution in [-0.2, 0) is 21.2 Å². The quantitative estimate of drug-likeness (QED) is 0.394. The van der Waals surface area contributed by atoms with E-state index in [1.807, 2.05) is 38.1 Å². The third kappa shape index (κ3) is 9.06. The molecule has 172 valence electrons. The first kappa shape index (κ1) is 25.4. The van der Waals surface area contributed by atoms with Gasteiger partial charge in [-0.1, -0.05) is 47.1 Å². The van der Waals surface area contributed by atoms with Crippen molar-refractivity contribution in [3.05, 3.63) is 46.0 Å². The van der Waals surface area contributed by atoms with Crippen molar-refractivity contribution >= 4 is 31.9 Å². The number of primary amides is 1. The van der Waals surface area contributed by atoms with Gasteiger partial charge >= 0.3 is 0 Å². The number of carbonyl (C=O) groups excluding carboxylic acids is 1. The molecule has 31 heavy (non-hydrogen) atoms. The first-order chi connectivity index (χ1) is 14.7. The molecule has 0 aliphatic heterocycles. The average Bonchev–Trinajstić information content (AvgIpc) is 3.18. The zero-order valence-corrected chi connectivity index (χ0v) is 20.3. The molecule has 1 amide bonds. The standard InChI is InChI=1S/C20H30BrN5O4S/c1-3-26(4-2)12-5-13-31(28,29)25-17(10-11-18(22)27)20-23-19(24-30-20)14-15-6-8-16(21)9-7-15/h6-9,17,25H,3-5,10-14H2,1-2H3,(H2,22,27)/t17-/m1/s1. The van der Waals surface area contributed by atoms with Gasteiger partial charge in [-0.2, -0.15) is 4.98 Å². The molecule has 3 N–H and O–H groups in total. The highest BCUT2D eigenvalue weighted by Crippen LogP contribution is 2.20. The van der Waals surface area contributed by atoms with Crippen molar-refractivity contribution in [1.82, 2.24) is 19.8 Å². The summed E-state index contributed by atoms with van der Waals surface area (Å²) in [6.07, 6.45) is 1.08. The number of halogens is 1. The third-order valence-electron chi connectivity index (χ3n) is 4.84. The normalized spacial score (nSPS) is 12.9. The topological polar surface area (TPSA) is 131 Å². The van der Waals surface area contributed by atoms with Crippen LogP contribution in [0.25, 0.3) is 0 Å². The first-order valence-electron chi connectivity index (χ1n) is 10.3. The zero-order chi connectivity index (χ0) is 22.9. The minimum Gasteiger partial charge on any atom is -0.370 e. The maximum absolute atomic E-state index is 12.6. The first-order valence-corrected chi connectivity index (χ1v) is 12.7. The number of nitrogens with zero attached hydrogens (tertiary/aromatic N) is 3. The number of carbonyl (C=O) groups is 1. The van der Waals surface area contributed by atoms with E-state index < -0.39 is 22.0 Å². The summed E-state index contributed by atoms with van der Waals surface area (Å²) in [7, 11) is -3.61. The lowest BCUT2D eigenvalue weighted by atomic mass is 10.1. The summed E-state index contributed by atoms with van der Waals surface area (Å²) >= 11 is 3.39. The van der Waals surface area contributed by atoms with Crippen molar-refractivity contribution < 1.29 is 17.7 Å². The Kier molecular flexibility index (Phi) is 10.1. The van der Waals surface area contributed by atoms with Crippen LogP contribution in [0.4, 0.5) is 0 Å². The molecule has 0 saturated heterocycles. The van der Waals surface area contributed by atoms with E-state index in [0.29, 0.717) is 25.2 Å². The fraction of sp³-hybridized carbons (Fsp3) is 0.550. The second kappa shape index (κ2) is 12.3. The van der Waals surface area contributed by atoms with Crippen LogP contribution in [0, 0.1) is 0 Å². The lowest BCUT2D eigenvalue weighted by Crippen LogP contribution is -2.33. The smallest absolute Gasteiger partial charge is 0.244 e. The Morgan fingerprint density at radius 3 is 2.55 bits per heavy atom. The van der Waals surface area contributed by atoms with Gasteiger partial charge in [-0.15, -0.1) is 0 Å². The number of amides is 1. The molecule has 1 aromatic carbocycles. The average molecular weight is 516 g/mol. The van der Waals surface area contributed by atoms with Crippen LogP contribution in [0.5, 0.6) is 0 Å². The highest BCUT2D eigenvalue weighted by Gasteiger charge is 2.25. The lowest BCUT2D eigenvalue weighted by Gasteiger charge is -2.18. The SMILES string of the molecule is CCN(CC)CCCS(=O)(=O)N[C@H](CCC(N)=O)c1nc(Cc2ccc(Br)cc2)no1. The van der Waals surface area contributed by atoms with E-state index in [1.165, 1.54) is 0 Å². The Morgan fingerprint density at radius 1 is 1.26 bits per heavy atom. The van der Waals surface area contributed by atoms with Gasteiger partial charge in [0.1, 0.15) is 6.04 Å². The number of hydrogen-bond donors (Lipinski definition) is 2. The molecule has 0 spiro atoms. The lowest BCUT2D eigenvalue weighted by molar-refractivity contribution is -0.118. The maximum atomic E-state index is 12.6.